The number of H-pyrrole nitrogens is 2. The zero-order valence-electron chi connectivity index (χ0n) is 17.2. The number of benzene rings is 1. The average molecular weight is 428 g/mol. The summed E-state index contributed by atoms with van der Waals surface area (Å²) in [5.74, 6) is -0.201. The third-order valence-electron chi connectivity index (χ3n) is 6.15. The highest BCUT2D eigenvalue weighted by Gasteiger charge is 2.20. The summed E-state index contributed by atoms with van der Waals surface area (Å²) in [6, 6.07) is 11.9. The van der Waals surface area contributed by atoms with E-state index < -0.39 is 5.82 Å². The Morgan fingerprint density at radius 2 is 1.84 bits per heavy atom. The van der Waals surface area contributed by atoms with E-state index in [1.165, 1.54) is 12.1 Å². The number of aromatic hydroxyl groups is 1. The Morgan fingerprint density at radius 3 is 2.69 bits per heavy atom. The van der Waals surface area contributed by atoms with E-state index in [1.54, 1.807) is 6.20 Å². The molecule has 0 saturated carbocycles. The van der Waals surface area contributed by atoms with Crippen LogP contribution in [0.2, 0.25) is 0 Å². The van der Waals surface area contributed by atoms with Crippen molar-refractivity contribution in [3.05, 3.63) is 60.2 Å². The number of aromatic amines is 2. The Labute approximate surface area is 182 Å². The van der Waals surface area contributed by atoms with Crippen molar-refractivity contribution >= 4 is 21.9 Å². The average Bonchev–Trinajstić information content (AvgIpc) is 3.42. The van der Waals surface area contributed by atoms with Crippen LogP contribution >= 0.6 is 0 Å². The van der Waals surface area contributed by atoms with Crippen molar-refractivity contribution < 1.29 is 9.50 Å². The first kappa shape index (κ1) is 18.9. The Kier molecular flexibility index (Phi) is 4.39. The van der Waals surface area contributed by atoms with Gasteiger partial charge in [0.1, 0.15) is 22.8 Å². The predicted molar refractivity (Wildman–Crippen MR) is 121 cm³/mol. The van der Waals surface area contributed by atoms with Crippen LogP contribution in [0.4, 0.5) is 4.39 Å². The van der Waals surface area contributed by atoms with E-state index in [0.717, 1.165) is 71.0 Å². The molecule has 1 fully saturated rings. The molecule has 4 N–H and O–H groups in total. The first-order chi connectivity index (χ1) is 15.7. The summed E-state index contributed by atoms with van der Waals surface area (Å²) < 4.78 is 13.9. The number of nitrogens with zero attached hydrogens (tertiary/aromatic N) is 3. The lowest BCUT2D eigenvalue weighted by Gasteiger charge is -2.22. The van der Waals surface area contributed by atoms with E-state index in [-0.39, 0.29) is 5.75 Å². The summed E-state index contributed by atoms with van der Waals surface area (Å²) in [5.41, 5.74) is 6.28. The van der Waals surface area contributed by atoms with Gasteiger partial charge in [0.05, 0.1) is 16.9 Å². The van der Waals surface area contributed by atoms with Gasteiger partial charge in [0, 0.05) is 40.3 Å². The summed E-state index contributed by atoms with van der Waals surface area (Å²) in [5, 5.41) is 21.7. The molecule has 1 saturated heterocycles. The van der Waals surface area contributed by atoms with E-state index >= 15 is 0 Å². The lowest BCUT2D eigenvalue weighted by molar-refractivity contribution is 0.454. The van der Waals surface area contributed by atoms with E-state index in [2.05, 4.69) is 31.5 Å². The van der Waals surface area contributed by atoms with Gasteiger partial charge in [-0.25, -0.2) is 9.37 Å². The lowest BCUT2D eigenvalue weighted by atomic mass is 9.94. The zero-order valence-corrected chi connectivity index (χ0v) is 17.2. The fourth-order valence-corrected chi connectivity index (χ4v) is 4.57. The molecule has 32 heavy (non-hydrogen) atoms. The third kappa shape index (κ3) is 3.20. The molecule has 1 aliphatic heterocycles. The van der Waals surface area contributed by atoms with Gasteiger partial charge in [-0.3, -0.25) is 10.1 Å². The molecule has 0 spiro atoms. The second-order valence-electron chi connectivity index (χ2n) is 8.23. The number of hydrogen-bond donors (Lipinski definition) is 4. The number of rotatable bonds is 3. The highest BCUT2D eigenvalue weighted by atomic mass is 19.1. The second kappa shape index (κ2) is 7.42. The molecule has 6 rings (SSSR count). The minimum Gasteiger partial charge on any atom is -0.508 e. The maximum absolute atomic E-state index is 13.9. The van der Waals surface area contributed by atoms with Gasteiger partial charge in [-0.1, -0.05) is 0 Å². The molecule has 5 heterocycles. The van der Waals surface area contributed by atoms with Crippen molar-refractivity contribution in [1.29, 1.82) is 0 Å². The van der Waals surface area contributed by atoms with Crippen LogP contribution in [-0.4, -0.2) is 43.3 Å². The fraction of sp³-hybridized carbons (Fsp3) is 0.208. The fourth-order valence-electron chi connectivity index (χ4n) is 4.57. The molecule has 0 atom stereocenters. The van der Waals surface area contributed by atoms with Crippen LogP contribution in [0.25, 0.3) is 44.6 Å². The zero-order chi connectivity index (χ0) is 21.7. The molecule has 7 nitrogen and oxygen atoms in total. The lowest BCUT2D eigenvalue weighted by Crippen LogP contribution is -2.27. The van der Waals surface area contributed by atoms with Crippen molar-refractivity contribution in [2.75, 3.05) is 13.1 Å². The summed E-state index contributed by atoms with van der Waals surface area (Å²) in [7, 11) is 0. The van der Waals surface area contributed by atoms with E-state index in [9.17, 15) is 9.50 Å². The van der Waals surface area contributed by atoms with Gasteiger partial charge in [-0.05, 0) is 62.3 Å². The van der Waals surface area contributed by atoms with Crippen LogP contribution in [0.5, 0.6) is 5.75 Å². The van der Waals surface area contributed by atoms with Crippen molar-refractivity contribution in [2.24, 2.45) is 0 Å². The SMILES string of the molecule is Oc1cc(F)cc(-c2nccc3[nH]c(-c4n[nH]c5ccc(C6CCNCC6)nc45)cc23)c1. The molecule has 0 radical (unpaired) electrons. The molecule has 0 amide bonds. The first-order valence-electron chi connectivity index (χ1n) is 10.7. The molecule has 5 aromatic rings. The number of pyridine rings is 2. The smallest absolute Gasteiger partial charge is 0.135 e. The van der Waals surface area contributed by atoms with Crippen LogP contribution in [0.1, 0.15) is 24.5 Å². The van der Waals surface area contributed by atoms with Gasteiger partial charge < -0.3 is 15.4 Å². The summed E-state index contributed by atoms with van der Waals surface area (Å²) in [6.45, 7) is 2.02. The van der Waals surface area contributed by atoms with Crippen LogP contribution in [0.3, 0.4) is 0 Å². The standard InChI is InChI=1S/C24H21FN6O/c25-15-9-14(10-16(32)11-15)22-17-12-21(28-19(17)5-8-27-22)24-23-20(30-31-24)2-1-18(29-23)13-3-6-26-7-4-13/h1-2,5,8-13,26,28,32H,3-4,6-7H2,(H,30,31). The van der Waals surface area contributed by atoms with Crippen LogP contribution < -0.4 is 5.32 Å². The van der Waals surface area contributed by atoms with Crippen molar-refractivity contribution in [3.8, 4) is 28.4 Å². The predicted octanol–water partition coefficient (Wildman–Crippen LogP) is 4.48. The summed E-state index contributed by atoms with van der Waals surface area (Å²) in [6.07, 6.45) is 3.82. The maximum atomic E-state index is 13.9. The van der Waals surface area contributed by atoms with Crippen LogP contribution in [-0.2, 0) is 0 Å². The Balaban J connectivity index is 1.47. The van der Waals surface area contributed by atoms with E-state index in [1.807, 2.05) is 18.2 Å². The van der Waals surface area contributed by atoms with Crippen LogP contribution in [0, 0.1) is 5.82 Å². The Bertz CT molecular complexity index is 1430. The molecular formula is C24H21FN6O. The maximum Gasteiger partial charge on any atom is 0.135 e. The number of phenols is 1. The molecule has 1 aliphatic rings. The monoisotopic (exact) mass is 428 g/mol. The van der Waals surface area contributed by atoms with Gasteiger partial charge in [0.2, 0.25) is 0 Å². The molecule has 0 unspecified atom stereocenters. The topological polar surface area (TPSA) is 103 Å². The number of fused-ring (bicyclic) bond motifs is 2. The van der Waals surface area contributed by atoms with E-state index in [4.69, 9.17) is 4.98 Å². The van der Waals surface area contributed by atoms with Crippen molar-refractivity contribution in [1.82, 2.24) is 30.5 Å². The molecule has 8 heteroatoms. The van der Waals surface area contributed by atoms with Gasteiger partial charge >= 0.3 is 0 Å². The first-order valence-corrected chi connectivity index (χ1v) is 10.7. The third-order valence-corrected chi connectivity index (χ3v) is 6.15. The van der Waals surface area contributed by atoms with Crippen molar-refractivity contribution in [2.45, 2.75) is 18.8 Å². The van der Waals surface area contributed by atoms with Crippen LogP contribution in [0.15, 0.2) is 48.7 Å². The normalized spacial score (nSPS) is 15.0. The summed E-state index contributed by atoms with van der Waals surface area (Å²) >= 11 is 0. The molecule has 160 valence electrons. The number of aromatic nitrogens is 5. The molecular weight excluding hydrogens is 407 g/mol. The number of nitrogens with one attached hydrogen (secondary N) is 3. The number of piperidine rings is 1. The minimum absolute atomic E-state index is 0.137. The van der Waals surface area contributed by atoms with Gasteiger partial charge in [0.15, 0.2) is 0 Å². The molecule has 4 aromatic heterocycles. The van der Waals surface area contributed by atoms with Crippen molar-refractivity contribution in [3.63, 3.8) is 0 Å². The Morgan fingerprint density at radius 1 is 0.969 bits per heavy atom. The number of hydrogen-bond acceptors (Lipinski definition) is 5. The van der Waals surface area contributed by atoms with Gasteiger partial charge in [-0.2, -0.15) is 5.10 Å². The second-order valence-corrected chi connectivity index (χ2v) is 8.23. The Hall–Kier alpha value is -3.78. The highest BCUT2D eigenvalue weighted by Crippen LogP contribution is 2.34. The highest BCUT2D eigenvalue weighted by molar-refractivity contribution is 5.99. The number of phenolic OH excluding ortho intramolecular Hbond substituents is 1. The quantitative estimate of drug-likeness (QED) is 0.339. The molecule has 0 aliphatic carbocycles. The largest absolute Gasteiger partial charge is 0.508 e. The molecule has 1 aromatic carbocycles. The number of halogens is 1. The minimum atomic E-state index is -0.512. The van der Waals surface area contributed by atoms with Gasteiger partial charge in [-0.15, -0.1) is 0 Å². The summed E-state index contributed by atoms with van der Waals surface area (Å²) in [4.78, 5) is 12.8. The van der Waals surface area contributed by atoms with Gasteiger partial charge in [0.25, 0.3) is 0 Å². The molecule has 0 bridgehead atoms. The van der Waals surface area contributed by atoms with E-state index in [0.29, 0.717) is 17.2 Å².